The molecular formula is C10H14N4O. The molecule has 1 aromatic rings. The lowest BCUT2D eigenvalue weighted by atomic mass is 10.4. The Labute approximate surface area is 88.4 Å². The first-order valence-corrected chi connectivity index (χ1v) is 4.96. The molecule has 0 spiro atoms. The van der Waals surface area contributed by atoms with Crippen molar-refractivity contribution >= 4 is 12.0 Å². The Morgan fingerprint density at radius 3 is 3.13 bits per heavy atom. The number of anilines is 1. The first-order valence-electron chi connectivity index (χ1n) is 4.96. The summed E-state index contributed by atoms with van der Waals surface area (Å²) in [5, 5.41) is 8.71. The average Bonchev–Trinajstić information content (AvgIpc) is 2.76. The van der Waals surface area contributed by atoms with Gasteiger partial charge in [0.1, 0.15) is 6.67 Å². The average molecular weight is 206 g/mol. The maximum atomic E-state index is 8.71. The molecule has 2 rings (SSSR count). The summed E-state index contributed by atoms with van der Waals surface area (Å²) in [4.78, 5) is 10.4. The van der Waals surface area contributed by atoms with Gasteiger partial charge in [-0.15, -0.1) is 0 Å². The maximum Gasteiger partial charge on any atom is 0.152 e. The topological polar surface area (TPSA) is 53.6 Å². The Bertz CT molecular complexity index is 369. The second-order valence-corrected chi connectivity index (χ2v) is 3.33. The number of nitrogens with zero attached hydrogens (tertiary/aromatic N) is 4. The number of imidazole rings is 1. The molecule has 0 aliphatic carbocycles. The highest BCUT2D eigenvalue weighted by Crippen LogP contribution is 2.12. The lowest BCUT2D eigenvalue weighted by molar-refractivity contribution is 0.280. The zero-order valence-electron chi connectivity index (χ0n) is 8.45. The van der Waals surface area contributed by atoms with E-state index in [9.17, 15) is 0 Å². The molecule has 2 heterocycles. The fourth-order valence-corrected chi connectivity index (χ4v) is 1.41. The van der Waals surface area contributed by atoms with E-state index in [0.717, 1.165) is 18.8 Å². The number of aryl methyl sites for hydroxylation is 1. The molecule has 0 saturated heterocycles. The monoisotopic (exact) mass is 206 g/mol. The molecule has 80 valence electrons. The van der Waals surface area contributed by atoms with Gasteiger partial charge in [0.15, 0.2) is 5.82 Å². The highest BCUT2D eigenvalue weighted by Gasteiger charge is 2.06. The smallest absolute Gasteiger partial charge is 0.152 e. The summed E-state index contributed by atoms with van der Waals surface area (Å²) in [5.74, 6) is 0.890. The normalized spacial score (nSPS) is 14.9. The van der Waals surface area contributed by atoms with Gasteiger partial charge in [-0.2, -0.15) is 0 Å². The third-order valence-corrected chi connectivity index (χ3v) is 2.18. The van der Waals surface area contributed by atoms with Crippen molar-refractivity contribution in [2.75, 3.05) is 18.2 Å². The van der Waals surface area contributed by atoms with E-state index in [2.05, 4.69) is 9.98 Å². The maximum absolute atomic E-state index is 8.71. The molecule has 15 heavy (non-hydrogen) atoms. The van der Waals surface area contributed by atoms with Crippen molar-refractivity contribution < 1.29 is 5.11 Å². The Kier molecular flexibility index (Phi) is 3.14. The van der Waals surface area contributed by atoms with Crippen LogP contribution in [0.2, 0.25) is 0 Å². The summed E-state index contributed by atoms with van der Waals surface area (Å²) >= 11 is 0. The summed E-state index contributed by atoms with van der Waals surface area (Å²) in [5.41, 5.74) is 0. The van der Waals surface area contributed by atoms with Gasteiger partial charge >= 0.3 is 0 Å². The molecule has 0 atom stereocenters. The Morgan fingerprint density at radius 2 is 2.40 bits per heavy atom. The van der Waals surface area contributed by atoms with E-state index in [1.165, 1.54) is 0 Å². The van der Waals surface area contributed by atoms with Crippen LogP contribution in [-0.2, 0) is 6.54 Å². The van der Waals surface area contributed by atoms with Crippen LogP contribution in [0.3, 0.4) is 0 Å². The minimum Gasteiger partial charge on any atom is -0.396 e. The zero-order chi connectivity index (χ0) is 10.5. The fourth-order valence-electron chi connectivity index (χ4n) is 1.41. The predicted octanol–water partition coefficient (Wildman–Crippen LogP) is 0.628. The van der Waals surface area contributed by atoms with Gasteiger partial charge in [-0.25, -0.2) is 4.98 Å². The van der Waals surface area contributed by atoms with E-state index < -0.39 is 0 Å². The van der Waals surface area contributed by atoms with E-state index >= 15 is 0 Å². The largest absolute Gasteiger partial charge is 0.396 e. The van der Waals surface area contributed by atoms with E-state index in [-0.39, 0.29) is 6.61 Å². The van der Waals surface area contributed by atoms with Crippen molar-refractivity contribution in [1.82, 2.24) is 9.55 Å². The van der Waals surface area contributed by atoms with Gasteiger partial charge in [-0.3, -0.25) is 4.99 Å². The predicted molar refractivity (Wildman–Crippen MR) is 58.9 cm³/mol. The molecule has 1 N–H and O–H groups in total. The molecule has 1 aliphatic rings. The molecule has 1 aliphatic heterocycles. The number of allylic oxidation sites excluding steroid dienone is 1. The van der Waals surface area contributed by atoms with Crippen molar-refractivity contribution in [3.05, 3.63) is 24.8 Å². The first-order chi connectivity index (χ1) is 7.40. The minimum absolute atomic E-state index is 0.210. The Hall–Kier alpha value is -1.62. The Balaban J connectivity index is 2.00. The van der Waals surface area contributed by atoms with Crippen molar-refractivity contribution in [1.29, 1.82) is 0 Å². The van der Waals surface area contributed by atoms with Crippen molar-refractivity contribution in [2.24, 2.45) is 4.99 Å². The summed E-state index contributed by atoms with van der Waals surface area (Å²) in [6.07, 6.45) is 10.1. The number of aliphatic hydroxyl groups is 1. The zero-order valence-corrected chi connectivity index (χ0v) is 8.45. The van der Waals surface area contributed by atoms with Gasteiger partial charge < -0.3 is 14.6 Å². The fraction of sp³-hybridized carbons (Fsp3) is 0.400. The molecule has 5 nitrogen and oxygen atoms in total. The van der Waals surface area contributed by atoms with Crippen LogP contribution in [0.1, 0.15) is 6.42 Å². The van der Waals surface area contributed by atoms with E-state index in [0.29, 0.717) is 6.67 Å². The van der Waals surface area contributed by atoms with Crippen LogP contribution in [0.4, 0.5) is 5.82 Å². The molecule has 0 amide bonds. The Morgan fingerprint density at radius 1 is 1.47 bits per heavy atom. The summed E-state index contributed by atoms with van der Waals surface area (Å²) < 4.78 is 1.97. The molecule has 0 saturated carbocycles. The van der Waals surface area contributed by atoms with E-state index in [1.54, 1.807) is 12.5 Å². The van der Waals surface area contributed by atoms with Gasteiger partial charge in [0.25, 0.3) is 0 Å². The molecule has 0 unspecified atom stereocenters. The van der Waals surface area contributed by atoms with Gasteiger partial charge in [-0.1, -0.05) is 0 Å². The van der Waals surface area contributed by atoms with Crippen molar-refractivity contribution in [3.63, 3.8) is 0 Å². The van der Waals surface area contributed by atoms with E-state index in [1.807, 2.05) is 27.9 Å². The summed E-state index contributed by atoms with van der Waals surface area (Å²) in [6, 6.07) is 0. The number of aliphatic imine (C=N–C) groups is 1. The molecule has 5 heteroatoms. The molecule has 1 aromatic heterocycles. The van der Waals surface area contributed by atoms with Gasteiger partial charge in [0.05, 0.1) is 6.33 Å². The van der Waals surface area contributed by atoms with Gasteiger partial charge in [0.2, 0.25) is 0 Å². The van der Waals surface area contributed by atoms with Crippen molar-refractivity contribution in [2.45, 2.75) is 13.0 Å². The number of rotatable bonds is 4. The van der Waals surface area contributed by atoms with Crippen LogP contribution >= 0.6 is 0 Å². The second-order valence-electron chi connectivity index (χ2n) is 3.33. The van der Waals surface area contributed by atoms with E-state index in [4.69, 9.17) is 5.11 Å². The number of aliphatic hydroxyl groups excluding tert-OH is 1. The van der Waals surface area contributed by atoms with Crippen LogP contribution in [0.25, 0.3) is 0 Å². The SMILES string of the molecule is OCCCn1cnc(N2C=CC=NC2)c1. The highest BCUT2D eigenvalue weighted by atomic mass is 16.3. The van der Waals surface area contributed by atoms with Crippen LogP contribution < -0.4 is 4.90 Å². The van der Waals surface area contributed by atoms with Crippen LogP contribution in [0.5, 0.6) is 0 Å². The van der Waals surface area contributed by atoms with Gasteiger partial charge in [0, 0.05) is 31.8 Å². The standard InChI is InChI=1S/C10H14N4O/c15-6-2-4-13-7-10(12-9-13)14-5-1-3-11-8-14/h1,3,5,7,9,15H,2,4,6,8H2. The summed E-state index contributed by atoms with van der Waals surface area (Å²) in [6.45, 7) is 1.62. The third kappa shape index (κ3) is 2.44. The van der Waals surface area contributed by atoms with Crippen LogP contribution in [0, 0.1) is 0 Å². The third-order valence-electron chi connectivity index (χ3n) is 2.18. The lowest BCUT2D eigenvalue weighted by Crippen LogP contribution is -2.18. The molecule has 0 bridgehead atoms. The highest BCUT2D eigenvalue weighted by molar-refractivity contribution is 5.73. The summed E-state index contributed by atoms with van der Waals surface area (Å²) in [7, 11) is 0. The minimum atomic E-state index is 0.210. The first kappa shape index (κ1) is 9.92. The lowest BCUT2D eigenvalue weighted by Gasteiger charge is -2.16. The number of aromatic nitrogens is 2. The molecule has 0 radical (unpaired) electrons. The molecule has 0 fully saturated rings. The van der Waals surface area contributed by atoms with Crippen LogP contribution in [-0.4, -0.2) is 34.1 Å². The van der Waals surface area contributed by atoms with Crippen molar-refractivity contribution in [3.8, 4) is 0 Å². The molecule has 0 aromatic carbocycles. The quantitative estimate of drug-likeness (QED) is 0.786. The molecular weight excluding hydrogens is 192 g/mol. The second kappa shape index (κ2) is 4.75. The number of hydrogen-bond donors (Lipinski definition) is 1. The number of hydrogen-bond acceptors (Lipinski definition) is 4. The van der Waals surface area contributed by atoms with Crippen LogP contribution in [0.15, 0.2) is 29.8 Å². The van der Waals surface area contributed by atoms with Gasteiger partial charge in [-0.05, 0) is 12.5 Å².